The van der Waals surface area contributed by atoms with E-state index in [0.29, 0.717) is 10.0 Å². The Hall–Kier alpha value is -0.690. The van der Waals surface area contributed by atoms with Gasteiger partial charge in [-0.25, -0.2) is 0 Å². The van der Waals surface area contributed by atoms with Crippen molar-refractivity contribution in [1.29, 1.82) is 0 Å². The van der Waals surface area contributed by atoms with Gasteiger partial charge in [-0.2, -0.15) is 0 Å². The molecule has 19 heavy (non-hydrogen) atoms. The van der Waals surface area contributed by atoms with E-state index in [1.54, 1.807) is 0 Å². The lowest BCUT2D eigenvalue weighted by Gasteiger charge is -2.16. The monoisotopic (exact) mass is 312 g/mol. The normalized spacial score (nSPS) is 12.5. The van der Waals surface area contributed by atoms with Gasteiger partial charge in [0, 0.05) is 0 Å². The highest BCUT2D eigenvalue weighted by atomic mass is 35.5. The third-order valence-electron chi connectivity index (χ3n) is 3.25. The lowest BCUT2D eigenvalue weighted by molar-refractivity contribution is 0.900. The average Bonchev–Trinajstić information content (AvgIpc) is 2.33. The molecule has 100 valence electrons. The van der Waals surface area contributed by atoms with E-state index >= 15 is 0 Å². The van der Waals surface area contributed by atoms with Crippen LogP contribution in [0.5, 0.6) is 0 Å². The van der Waals surface area contributed by atoms with Gasteiger partial charge in [-0.3, -0.25) is 0 Å². The molecule has 0 nitrogen and oxygen atoms in total. The van der Waals surface area contributed by atoms with Gasteiger partial charge in [0.05, 0.1) is 15.4 Å². The SMILES string of the molecule is Cc1cccc(C)c1C(Cl)Cc1ccc(Cl)c(Cl)c1. The van der Waals surface area contributed by atoms with Gasteiger partial charge < -0.3 is 0 Å². The minimum Gasteiger partial charge on any atom is -0.117 e. The lowest BCUT2D eigenvalue weighted by atomic mass is 9.96. The maximum Gasteiger partial charge on any atom is 0.0630 e. The summed E-state index contributed by atoms with van der Waals surface area (Å²) in [5.41, 5.74) is 4.74. The van der Waals surface area contributed by atoms with E-state index in [2.05, 4.69) is 32.0 Å². The average molecular weight is 314 g/mol. The first-order valence-corrected chi connectivity index (χ1v) is 7.32. The summed E-state index contributed by atoms with van der Waals surface area (Å²) in [5, 5.41) is 1.09. The molecule has 0 heterocycles. The Bertz CT molecular complexity index is 570. The largest absolute Gasteiger partial charge is 0.117 e. The summed E-state index contributed by atoms with van der Waals surface area (Å²) >= 11 is 18.5. The van der Waals surface area contributed by atoms with E-state index in [0.717, 1.165) is 12.0 Å². The topological polar surface area (TPSA) is 0 Å². The number of hydrogen-bond acceptors (Lipinski definition) is 0. The first kappa shape index (κ1) is 14.7. The van der Waals surface area contributed by atoms with E-state index in [1.807, 2.05) is 18.2 Å². The van der Waals surface area contributed by atoms with Crippen LogP contribution in [0.1, 0.15) is 27.6 Å². The molecule has 0 saturated carbocycles. The standard InChI is InChI=1S/C16H15Cl3/c1-10-4-3-5-11(2)16(10)15(19)9-12-6-7-13(17)14(18)8-12/h3-8,15H,9H2,1-2H3. The molecule has 0 aliphatic heterocycles. The third-order valence-corrected chi connectivity index (χ3v) is 4.37. The Kier molecular flexibility index (Phi) is 4.78. The van der Waals surface area contributed by atoms with Crippen LogP contribution in [-0.4, -0.2) is 0 Å². The van der Waals surface area contributed by atoms with Crippen molar-refractivity contribution >= 4 is 34.8 Å². The van der Waals surface area contributed by atoms with Gasteiger partial charge in [0.1, 0.15) is 0 Å². The Labute approximate surface area is 129 Å². The molecule has 2 rings (SSSR count). The number of alkyl halides is 1. The molecule has 2 aromatic rings. The van der Waals surface area contributed by atoms with Gasteiger partial charge in [-0.15, -0.1) is 11.6 Å². The molecule has 0 saturated heterocycles. The number of hydrogen-bond donors (Lipinski definition) is 0. The molecular formula is C16H15Cl3. The highest BCUT2D eigenvalue weighted by Crippen LogP contribution is 2.32. The third kappa shape index (κ3) is 3.45. The Morgan fingerprint density at radius 3 is 2.16 bits per heavy atom. The zero-order valence-corrected chi connectivity index (χ0v) is 13.2. The van der Waals surface area contributed by atoms with E-state index in [-0.39, 0.29) is 5.38 Å². The van der Waals surface area contributed by atoms with Gasteiger partial charge in [-0.1, -0.05) is 47.5 Å². The van der Waals surface area contributed by atoms with Crippen LogP contribution in [0.25, 0.3) is 0 Å². The minimum absolute atomic E-state index is 0.0570. The van der Waals surface area contributed by atoms with Crippen molar-refractivity contribution in [2.75, 3.05) is 0 Å². The molecule has 0 aromatic heterocycles. The zero-order valence-electron chi connectivity index (χ0n) is 10.9. The molecule has 1 atom stereocenters. The molecule has 0 aliphatic rings. The predicted molar refractivity (Wildman–Crippen MR) is 84.7 cm³/mol. The molecule has 0 radical (unpaired) electrons. The molecule has 0 N–H and O–H groups in total. The van der Waals surface area contributed by atoms with Gasteiger partial charge in [-0.05, 0) is 54.7 Å². The second-order valence-electron chi connectivity index (χ2n) is 4.73. The zero-order chi connectivity index (χ0) is 14.0. The van der Waals surface area contributed by atoms with Gasteiger partial charge in [0.25, 0.3) is 0 Å². The van der Waals surface area contributed by atoms with Crippen molar-refractivity contribution < 1.29 is 0 Å². The quantitative estimate of drug-likeness (QED) is 0.598. The van der Waals surface area contributed by atoms with Gasteiger partial charge >= 0.3 is 0 Å². The first-order valence-electron chi connectivity index (χ1n) is 6.13. The van der Waals surface area contributed by atoms with Crippen molar-refractivity contribution in [3.63, 3.8) is 0 Å². The maximum atomic E-state index is 6.57. The van der Waals surface area contributed by atoms with Crippen molar-refractivity contribution in [2.45, 2.75) is 25.6 Å². The van der Waals surface area contributed by atoms with Crippen LogP contribution in [0.3, 0.4) is 0 Å². The minimum atomic E-state index is -0.0570. The molecular weight excluding hydrogens is 299 g/mol. The second kappa shape index (κ2) is 6.17. The molecule has 0 spiro atoms. The van der Waals surface area contributed by atoms with Crippen molar-refractivity contribution in [2.24, 2.45) is 0 Å². The van der Waals surface area contributed by atoms with E-state index in [9.17, 15) is 0 Å². The molecule has 3 heteroatoms. The fourth-order valence-electron chi connectivity index (χ4n) is 2.30. The molecule has 1 unspecified atom stereocenters. The Balaban J connectivity index is 2.25. The van der Waals surface area contributed by atoms with E-state index < -0.39 is 0 Å². The van der Waals surface area contributed by atoms with E-state index in [1.165, 1.54) is 16.7 Å². The van der Waals surface area contributed by atoms with Crippen molar-refractivity contribution in [1.82, 2.24) is 0 Å². The summed E-state index contributed by atoms with van der Waals surface area (Å²) in [6.07, 6.45) is 0.740. The lowest BCUT2D eigenvalue weighted by Crippen LogP contribution is -2.01. The van der Waals surface area contributed by atoms with Crippen LogP contribution in [0, 0.1) is 13.8 Å². The Morgan fingerprint density at radius 2 is 1.58 bits per heavy atom. The van der Waals surface area contributed by atoms with Gasteiger partial charge in [0.2, 0.25) is 0 Å². The van der Waals surface area contributed by atoms with E-state index in [4.69, 9.17) is 34.8 Å². The summed E-state index contributed by atoms with van der Waals surface area (Å²) in [7, 11) is 0. The van der Waals surface area contributed by atoms with Crippen LogP contribution < -0.4 is 0 Å². The number of rotatable bonds is 3. The molecule has 0 bridgehead atoms. The Morgan fingerprint density at radius 1 is 0.947 bits per heavy atom. The highest BCUT2D eigenvalue weighted by molar-refractivity contribution is 6.42. The fourth-order valence-corrected chi connectivity index (χ4v) is 3.14. The predicted octanol–water partition coefficient (Wildman–Crippen LogP) is 6.13. The smallest absolute Gasteiger partial charge is 0.0630 e. The molecule has 0 fully saturated rings. The van der Waals surface area contributed by atoms with Crippen molar-refractivity contribution in [3.05, 3.63) is 68.7 Å². The summed E-state index contributed by atoms with van der Waals surface area (Å²) < 4.78 is 0. The molecule has 0 amide bonds. The maximum absolute atomic E-state index is 6.57. The summed E-state index contributed by atoms with van der Waals surface area (Å²) in [6.45, 7) is 4.18. The molecule has 0 aliphatic carbocycles. The summed E-state index contributed by atoms with van der Waals surface area (Å²) in [4.78, 5) is 0. The van der Waals surface area contributed by atoms with Crippen LogP contribution >= 0.6 is 34.8 Å². The fraction of sp³-hybridized carbons (Fsp3) is 0.250. The number of benzene rings is 2. The second-order valence-corrected chi connectivity index (χ2v) is 6.07. The van der Waals surface area contributed by atoms with Gasteiger partial charge in [0.15, 0.2) is 0 Å². The summed E-state index contributed by atoms with van der Waals surface area (Å²) in [5.74, 6) is 0. The van der Waals surface area contributed by atoms with Crippen LogP contribution in [-0.2, 0) is 6.42 Å². The number of aryl methyl sites for hydroxylation is 2. The summed E-state index contributed by atoms with van der Waals surface area (Å²) in [6, 6.07) is 11.9. The highest BCUT2D eigenvalue weighted by Gasteiger charge is 2.14. The van der Waals surface area contributed by atoms with Crippen LogP contribution in [0.4, 0.5) is 0 Å². The van der Waals surface area contributed by atoms with Crippen molar-refractivity contribution in [3.8, 4) is 0 Å². The van der Waals surface area contributed by atoms with Crippen LogP contribution in [0.15, 0.2) is 36.4 Å². The number of halogens is 3. The molecule has 2 aromatic carbocycles. The first-order chi connectivity index (χ1) is 8.99. The van der Waals surface area contributed by atoms with Crippen LogP contribution in [0.2, 0.25) is 10.0 Å².